The molecule has 1 amide bonds. The molecule has 1 aromatic heterocycles. The van der Waals surface area contributed by atoms with Crippen molar-refractivity contribution in [3.05, 3.63) is 11.9 Å². The van der Waals surface area contributed by atoms with Gasteiger partial charge in [-0.15, -0.1) is 5.10 Å². The summed E-state index contributed by atoms with van der Waals surface area (Å²) in [6, 6.07) is 0.394. The third-order valence-corrected chi connectivity index (χ3v) is 3.40. The number of nitrogens with zero attached hydrogens (tertiary/aromatic N) is 4. The molecule has 1 fully saturated rings. The zero-order chi connectivity index (χ0) is 12.4. The van der Waals surface area contributed by atoms with E-state index in [4.69, 9.17) is 0 Å². The summed E-state index contributed by atoms with van der Waals surface area (Å²) >= 11 is 0. The van der Waals surface area contributed by atoms with E-state index in [0.717, 1.165) is 31.6 Å². The second-order valence-corrected chi connectivity index (χ2v) is 5.02. The van der Waals surface area contributed by atoms with E-state index in [-0.39, 0.29) is 5.91 Å². The molecule has 0 unspecified atom stereocenters. The first-order chi connectivity index (χ1) is 8.08. The molecule has 0 bridgehead atoms. The summed E-state index contributed by atoms with van der Waals surface area (Å²) in [5.41, 5.74) is 1.04. The summed E-state index contributed by atoms with van der Waals surface area (Å²) in [7, 11) is 0. The molecule has 0 N–H and O–H groups in total. The van der Waals surface area contributed by atoms with Crippen molar-refractivity contribution in [2.45, 2.75) is 45.6 Å². The molecule has 2 heterocycles. The predicted molar refractivity (Wildman–Crippen MR) is 64.6 cm³/mol. The maximum Gasteiger partial charge on any atom is 0.219 e. The van der Waals surface area contributed by atoms with E-state index < -0.39 is 0 Å². The maximum atomic E-state index is 11.2. The van der Waals surface area contributed by atoms with Gasteiger partial charge in [0.15, 0.2) is 0 Å². The number of piperidine rings is 1. The number of rotatable bonds is 2. The first-order valence-corrected chi connectivity index (χ1v) is 6.25. The van der Waals surface area contributed by atoms with Crippen LogP contribution in [0.5, 0.6) is 0 Å². The van der Waals surface area contributed by atoms with Crippen LogP contribution in [-0.2, 0) is 4.79 Å². The van der Waals surface area contributed by atoms with E-state index >= 15 is 0 Å². The van der Waals surface area contributed by atoms with Crippen LogP contribution < -0.4 is 0 Å². The molecule has 0 spiro atoms. The summed E-state index contributed by atoms with van der Waals surface area (Å²) < 4.78 is 1.97. The number of hydrogen-bond donors (Lipinski definition) is 0. The van der Waals surface area contributed by atoms with Crippen molar-refractivity contribution in [3.63, 3.8) is 0 Å². The fraction of sp³-hybridized carbons (Fsp3) is 0.750. The van der Waals surface area contributed by atoms with Gasteiger partial charge in [-0.05, 0) is 18.8 Å². The molecule has 0 aromatic carbocycles. The predicted octanol–water partition coefficient (Wildman–Crippen LogP) is 1.58. The highest BCUT2D eigenvalue weighted by atomic mass is 16.2. The molecule has 1 aliphatic rings. The van der Waals surface area contributed by atoms with Crippen molar-refractivity contribution in [1.82, 2.24) is 19.9 Å². The lowest BCUT2D eigenvalue weighted by Gasteiger charge is -2.31. The van der Waals surface area contributed by atoms with E-state index in [9.17, 15) is 4.79 Å². The Bertz CT molecular complexity index is 391. The Morgan fingerprint density at radius 3 is 2.53 bits per heavy atom. The maximum absolute atomic E-state index is 11.2. The summed E-state index contributed by atoms with van der Waals surface area (Å²) in [6.45, 7) is 7.53. The minimum Gasteiger partial charge on any atom is -0.343 e. The van der Waals surface area contributed by atoms with Gasteiger partial charge in [0.2, 0.25) is 5.91 Å². The van der Waals surface area contributed by atoms with Crippen LogP contribution in [0.1, 0.15) is 51.3 Å². The normalized spacial score (nSPS) is 17.8. The Kier molecular flexibility index (Phi) is 3.45. The van der Waals surface area contributed by atoms with Gasteiger partial charge in [0, 0.05) is 26.2 Å². The van der Waals surface area contributed by atoms with Gasteiger partial charge in [-0.25, -0.2) is 4.68 Å². The SMILES string of the molecule is CC(=O)N1CCC(n2cc(C(C)C)nn2)CC1. The number of carbonyl (C=O) groups excluding carboxylic acids is 1. The van der Waals surface area contributed by atoms with Gasteiger partial charge in [-0.1, -0.05) is 19.1 Å². The second-order valence-electron chi connectivity index (χ2n) is 5.02. The highest BCUT2D eigenvalue weighted by molar-refractivity contribution is 5.73. The molecule has 1 aromatic rings. The summed E-state index contributed by atoms with van der Waals surface area (Å²) in [5, 5.41) is 8.37. The number of likely N-dealkylation sites (tertiary alicyclic amines) is 1. The van der Waals surface area contributed by atoms with Crippen LogP contribution in [0.2, 0.25) is 0 Å². The molecule has 0 aliphatic carbocycles. The summed E-state index contributed by atoms with van der Waals surface area (Å²) in [5.74, 6) is 0.589. The lowest BCUT2D eigenvalue weighted by atomic mass is 10.1. The van der Waals surface area contributed by atoms with E-state index in [0.29, 0.717) is 12.0 Å². The van der Waals surface area contributed by atoms with E-state index in [2.05, 4.69) is 24.2 Å². The molecule has 5 heteroatoms. The quantitative estimate of drug-likeness (QED) is 0.783. The number of hydrogen-bond acceptors (Lipinski definition) is 3. The molecule has 94 valence electrons. The third-order valence-electron chi connectivity index (χ3n) is 3.40. The smallest absolute Gasteiger partial charge is 0.219 e. The van der Waals surface area contributed by atoms with E-state index in [1.807, 2.05) is 15.8 Å². The molecule has 0 saturated carbocycles. The van der Waals surface area contributed by atoms with Crippen LogP contribution in [0.15, 0.2) is 6.20 Å². The zero-order valence-corrected chi connectivity index (χ0v) is 10.8. The Labute approximate surface area is 102 Å². The summed E-state index contributed by atoms with van der Waals surface area (Å²) in [4.78, 5) is 13.1. The molecule has 0 atom stereocenters. The second kappa shape index (κ2) is 4.85. The largest absolute Gasteiger partial charge is 0.343 e. The average molecular weight is 236 g/mol. The monoisotopic (exact) mass is 236 g/mol. The van der Waals surface area contributed by atoms with Crippen molar-refractivity contribution in [3.8, 4) is 0 Å². The number of amides is 1. The molecule has 2 rings (SSSR count). The van der Waals surface area contributed by atoms with Gasteiger partial charge < -0.3 is 4.90 Å². The lowest BCUT2D eigenvalue weighted by Crippen LogP contribution is -2.37. The molecule has 0 radical (unpaired) electrons. The van der Waals surface area contributed by atoms with Crippen LogP contribution in [0.25, 0.3) is 0 Å². The van der Waals surface area contributed by atoms with Gasteiger partial charge in [0.1, 0.15) is 0 Å². The molecule has 5 nitrogen and oxygen atoms in total. The average Bonchev–Trinajstić information content (AvgIpc) is 2.78. The minimum absolute atomic E-state index is 0.171. The topological polar surface area (TPSA) is 51.0 Å². The molecular weight excluding hydrogens is 216 g/mol. The number of carbonyl (C=O) groups is 1. The Hall–Kier alpha value is -1.39. The standard InChI is InChI=1S/C12H20N4O/c1-9(2)12-8-16(14-13-12)11-4-6-15(7-5-11)10(3)17/h8-9,11H,4-7H2,1-3H3. The van der Waals surface area contributed by atoms with Crippen LogP contribution in [0.4, 0.5) is 0 Å². The van der Waals surface area contributed by atoms with Gasteiger partial charge in [-0.3, -0.25) is 4.79 Å². The van der Waals surface area contributed by atoms with Crippen molar-refractivity contribution in [2.24, 2.45) is 0 Å². The van der Waals surface area contributed by atoms with Crippen LogP contribution in [0, 0.1) is 0 Å². The van der Waals surface area contributed by atoms with Gasteiger partial charge in [-0.2, -0.15) is 0 Å². The molecule has 1 saturated heterocycles. The third kappa shape index (κ3) is 2.65. The van der Waals surface area contributed by atoms with Crippen molar-refractivity contribution in [2.75, 3.05) is 13.1 Å². The first-order valence-electron chi connectivity index (χ1n) is 6.25. The van der Waals surface area contributed by atoms with Crippen LogP contribution >= 0.6 is 0 Å². The highest BCUT2D eigenvalue weighted by Gasteiger charge is 2.23. The fourth-order valence-electron chi connectivity index (χ4n) is 2.18. The zero-order valence-electron chi connectivity index (χ0n) is 10.8. The Morgan fingerprint density at radius 2 is 2.06 bits per heavy atom. The van der Waals surface area contributed by atoms with Gasteiger partial charge in [0.05, 0.1) is 11.7 Å². The first kappa shape index (κ1) is 12.1. The molecular formula is C12H20N4O. The fourth-order valence-corrected chi connectivity index (χ4v) is 2.18. The molecule has 17 heavy (non-hydrogen) atoms. The van der Waals surface area contributed by atoms with Gasteiger partial charge >= 0.3 is 0 Å². The van der Waals surface area contributed by atoms with Crippen LogP contribution in [0.3, 0.4) is 0 Å². The van der Waals surface area contributed by atoms with Gasteiger partial charge in [0.25, 0.3) is 0 Å². The Morgan fingerprint density at radius 1 is 1.41 bits per heavy atom. The molecule has 1 aliphatic heterocycles. The van der Waals surface area contributed by atoms with Crippen molar-refractivity contribution in [1.29, 1.82) is 0 Å². The highest BCUT2D eigenvalue weighted by Crippen LogP contribution is 2.22. The summed E-state index contributed by atoms with van der Waals surface area (Å²) in [6.07, 6.45) is 3.99. The number of aromatic nitrogens is 3. The minimum atomic E-state index is 0.171. The Balaban J connectivity index is 1.98. The van der Waals surface area contributed by atoms with Crippen molar-refractivity contribution < 1.29 is 4.79 Å². The van der Waals surface area contributed by atoms with E-state index in [1.54, 1.807) is 6.92 Å². The van der Waals surface area contributed by atoms with Crippen molar-refractivity contribution >= 4 is 5.91 Å². The van der Waals surface area contributed by atoms with E-state index in [1.165, 1.54) is 0 Å². The lowest BCUT2D eigenvalue weighted by molar-refractivity contribution is -0.130. The van der Waals surface area contributed by atoms with Crippen LogP contribution in [-0.4, -0.2) is 38.9 Å².